The summed E-state index contributed by atoms with van der Waals surface area (Å²) in [6, 6.07) is 0. The highest BCUT2D eigenvalue weighted by atomic mass is 16.5. The first-order chi connectivity index (χ1) is 8.45. The Labute approximate surface area is 106 Å². The van der Waals surface area contributed by atoms with E-state index >= 15 is 0 Å². The van der Waals surface area contributed by atoms with Gasteiger partial charge in [0.25, 0.3) is 5.56 Å². The van der Waals surface area contributed by atoms with Gasteiger partial charge in [0.15, 0.2) is 0 Å². The van der Waals surface area contributed by atoms with E-state index in [0.29, 0.717) is 11.5 Å². The van der Waals surface area contributed by atoms with E-state index in [1.807, 2.05) is 0 Å². The number of ether oxygens (including phenoxy) is 1. The molecule has 1 aromatic rings. The van der Waals surface area contributed by atoms with Gasteiger partial charge < -0.3 is 4.74 Å². The van der Waals surface area contributed by atoms with Gasteiger partial charge in [-0.25, -0.2) is 4.79 Å². The predicted octanol–water partition coefficient (Wildman–Crippen LogP) is 1.19. The van der Waals surface area contributed by atoms with E-state index in [4.69, 9.17) is 4.74 Å². The van der Waals surface area contributed by atoms with Crippen LogP contribution >= 0.6 is 0 Å². The molecule has 3 atom stereocenters. The van der Waals surface area contributed by atoms with Crippen molar-refractivity contribution >= 4 is 0 Å². The Morgan fingerprint density at radius 2 is 2.11 bits per heavy atom. The van der Waals surface area contributed by atoms with Crippen LogP contribution in [0.25, 0.3) is 0 Å². The van der Waals surface area contributed by atoms with Crippen molar-refractivity contribution in [3.05, 3.63) is 32.6 Å². The molecule has 2 rings (SSSR count). The lowest BCUT2D eigenvalue weighted by molar-refractivity contribution is -0.00829. The van der Waals surface area contributed by atoms with Gasteiger partial charge in [0.2, 0.25) is 0 Å². The van der Waals surface area contributed by atoms with Gasteiger partial charge >= 0.3 is 5.69 Å². The minimum absolute atomic E-state index is 0.194. The number of rotatable bonds is 2. The molecule has 1 aromatic heterocycles. The molecule has 1 aliphatic heterocycles. The normalized spacial score (nSPS) is 27.7. The average Bonchev–Trinajstić information content (AvgIpc) is 2.72. The molecule has 1 aliphatic rings. The molecule has 0 bridgehead atoms. The largest absolute Gasteiger partial charge is 0.354 e. The molecule has 0 aliphatic carbocycles. The Bertz CT molecular complexity index is 558. The molecular weight excluding hydrogens is 232 g/mol. The fourth-order valence-corrected chi connectivity index (χ4v) is 2.59. The third-order valence-corrected chi connectivity index (χ3v) is 3.74. The zero-order valence-corrected chi connectivity index (χ0v) is 11.3. The Morgan fingerprint density at radius 1 is 1.44 bits per heavy atom. The molecule has 5 nitrogen and oxygen atoms in total. The van der Waals surface area contributed by atoms with Gasteiger partial charge in [-0.15, -0.1) is 0 Å². The van der Waals surface area contributed by atoms with Gasteiger partial charge in [0.05, 0.1) is 6.10 Å². The molecule has 1 saturated heterocycles. The number of aromatic nitrogens is 2. The molecule has 1 fully saturated rings. The summed E-state index contributed by atoms with van der Waals surface area (Å²) in [5.74, 6) is 0.435. The lowest BCUT2D eigenvalue weighted by Gasteiger charge is -2.16. The van der Waals surface area contributed by atoms with E-state index in [9.17, 15) is 9.59 Å². The lowest BCUT2D eigenvalue weighted by atomic mass is 10.0. The summed E-state index contributed by atoms with van der Waals surface area (Å²) < 4.78 is 8.57. The van der Waals surface area contributed by atoms with Crippen LogP contribution in [0.1, 0.15) is 38.5 Å². The maximum Gasteiger partial charge on any atom is 0.332 e. The summed E-state index contributed by atoms with van der Waals surface area (Å²) in [7, 11) is 1.50. The standard InChI is InChI=1S/C13H20N2O3/c1-5-10-8(2)6-11(18-10)15-7-9(3)12(16)14(4)13(15)17/h7-8,10-11H,5-6H2,1-4H3/t8-,10?,11?/m1/s1. The Kier molecular flexibility index (Phi) is 3.43. The second-order valence-corrected chi connectivity index (χ2v) is 5.12. The van der Waals surface area contributed by atoms with Crippen molar-refractivity contribution in [2.24, 2.45) is 13.0 Å². The van der Waals surface area contributed by atoms with E-state index in [1.54, 1.807) is 17.7 Å². The highest BCUT2D eigenvalue weighted by Gasteiger charge is 2.32. The quantitative estimate of drug-likeness (QED) is 0.794. The van der Waals surface area contributed by atoms with E-state index in [0.717, 1.165) is 17.4 Å². The third kappa shape index (κ3) is 2.03. The van der Waals surface area contributed by atoms with Crippen LogP contribution in [0.4, 0.5) is 0 Å². The molecule has 0 saturated carbocycles. The first-order valence-electron chi connectivity index (χ1n) is 6.40. The number of hydrogen-bond donors (Lipinski definition) is 0. The molecule has 0 amide bonds. The van der Waals surface area contributed by atoms with E-state index < -0.39 is 0 Å². The molecule has 2 heterocycles. The minimum atomic E-state index is -0.306. The van der Waals surface area contributed by atoms with Gasteiger partial charge in [-0.1, -0.05) is 13.8 Å². The molecule has 0 aromatic carbocycles. The second kappa shape index (κ2) is 4.72. The van der Waals surface area contributed by atoms with E-state index in [2.05, 4.69) is 13.8 Å². The van der Waals surface area contributed by atoms with Crippen LogP contribution in [-0.2, 0) is 11.8 Å². The maximum atomic E-state index is 12.1. The van der Waals surface area contributed by atoms with Crippen molar-refractivity contribution in [3.63, 3.8) is 0 Å². The first kappa shape index (κ1) is 13.1. The van der Waals surface area contributed by atoms with Gasteiger partial charge in [-0.2, -0.15) is 0 Å². The van der Waals surface area contributed by atoms with Crippen molar-refractivity contribution in [3.8, 4) is 0 Å². The second-order valence-electron chi connectivity index (χ2n) is 5.12. The summed E-state index contributed by atoms with van der Waals surface area (Å²) in [6.45, 7) is 5.93. The van der Waals surface area contributed by atoms with Gasteiger partial charge in [0.1, 0.15) is 6.23 Å². The van der Waals surface area contributed by atoms with E-state index in [-0.39, 0.29) is 23.6 Å². The number of aryl methyl sites for hydroxylation is 1. The van der Waals surface area contributed by atoms with Crippen molar-refractivity contribution in [1.82, 2.24) is 9.13 Å². The van der Waals surface area contributed by atoms with Crippen LogP contribution in [0.5, 0.6) is 0 Å². The van der Waals surface area contributed by atoms with Gasteiger partial charge in [-0.3, -0.25) is 13.9 Å². The van der Waals surface area contributed by atoms with Crippen LogP contribution in [0.2, 0.25) is 0 Å². The SMILES string of the molecule is CCC1OC(n2cc(C)c(=O)n(C)c2=O)C[C@H]1C. The van der Waals surface area contributed by atoms with E-state index in [1.165, 1.54) is 7.05 Å². The van der Waals surface area contributed by atoms with Gasteiger partial charge in [-0.05, 0) is 25.7 Å². The summed E-state index contributed by atoms with van der Waals surface area (Å²) in [4.78, 5) is 23.7. The first-order valence-corrected chi connectivity index (χ1v) is 6.40. The van der Waals surface area contributed by atoms with Crippen LogP contribution in [0.3, 0.4) is 0 Å². The molecule has 2 unspecified atom stereocenters. The molecule has 18 heavy (non-hydrogen) atoms. The van der Waals surface area contributed by atoms with Gasteiger partial charge in [0, 0.05) is 18.8 Å². The Balaban J connectivity index is 2.42. The van der Waals surface area contributed by atoms with Crippen LogP contribution in [0, 0.1) is 12.8 Å². The molecule has 5 heteroatoms. The maximum absolute atomic E-state index is 12.1. The molecule has 100 valence electrons. The fraction of sp³-hybridized carbons (Fsp3) is 0.692. The molecule has 0 N–H and O–H groups in total. The van der Waals surface area contributed by atoms with Crippen molar-refractivity contribution in [2.45, 2.75) is 45.9 Å². The zero-order valence-electron chi connectivity index (χ0n) is 11.3. The zero-order chi connectivity index (χ0) is 13.4. The van der Waals surface area contributed by atoms with Crippen molar-refractivity contribution in [1.29, 1.82) is 0 Å². The molecule has 0 radical (unpaired) electrons. The highest BCUT2D eigenvalue weighted by molar-refractivity contribution is 5.03. The lowest BCUT2D eigenvalue weighted by Crippen LogP contribution is -2.40. The molecule has 0 spiro atoms. The van der Waals surface area contributed by atoms with Crippen LogP contribution in [-0.4, -0.2) is 15.2 Å². The van der Waals surface area contributed by atoms with Crippen LogP contribution in [0.15, 0.2) is 15.8 Å². The third-order valence-electron chi connectivity index (χ3n) is 3.74. The summed E-state index contributed by atoms with van der Waals surface area (Å²) >= 11 is 0. The topological polar surface area (TPSA) is 53.2 Å². The minimum Gasteiger partial charge on any atom is -0.354 e. The summed E-state index contributed by atoms with van der Waals surface area (Å²) in [6.07, 6.45) is 3.32. The molecular formula is C13H20N2O3. The predicted molar refractivity (Wildman–Crippen MR) is 68.7 cm³/mol. The Morgan fingerprint density at radius 3 is 2.67 bits per heavy atom. The fourth-order valence-electron chi connectivity index (χ4n) is 2.59. The van der Waals surface area contributed by atoms with Crippen molar-refractivity contribution < 1.29 is 4.74 Å². The summed E-state index contributed by atoms with van der Waals surface area (Å²) in [5, 5.41) is 0. The number of nitrogens with zero attached hydrogens (tertiary/aromatic N) is 2. The van der Waals surface area contributed by atoms with Crippen molar-refractivity contribution in [2.75, 3.05) is 0 Å². The monoisotopic (exact) mass is 252 g/mol. The summed E-state index contributed by atoms with van der Waals surface area (Å²) in [5.41, 5.74) is 0.0159. The Hall–Kier alpha value is -1.36. The number of hydrogen-bond acceptors (Lipinski definition) is 3. The smallest absolute Gasteiger partial charge is 0.332 e. The highest BCUT2D eigenvalue weighted by Crippen LogP contribution is 2.33. The average molecular weight is 252 g/mol. The van der Waals surface area contributed by atoms with Crippen LogP contribution < -0.4 is 11.2 Å².